The second kappa shape index (κ2) is 9.75. The van der Waals surface area contributed by atoms with Gasteiger partial charge in [0.25, 0.3) is 0 Å². The minimum absolute atomic E-state index is 0. The maximum Gasteiger partial charge on any atom is 0.243 e. The van der Waals surface area contributed by atoms with E-state index >= 15 is 0 Å². The third-order valence-electron chi connectivity index (χ3n) is 5.35. The molecule has 148 valence electrons. The zero-order valence-corrected chi connectivity index (χ0v) is 18.2. The van der Waals surface area contributed by atoms with Gasteiger partial charge in [0.2, 0.25) is 11.8 Å². The van der Waals surface area contributed by atoms with Gasteiger partial charge in [0.05, 0.1) is 0 Å². The van der Waals surface area contributed by atoms with E-state index in [9.17, 15) is 9.59 Å². The molecular formula is C18H32IN5O2. The number of amides is 2. The molecule has 2 aliphatic carbocycles. The van der Waals surface area contributed by atoms with E-state index < -0.39 is 0 Å². The first-order valence-corrected chi connectivity index (χ1v) is 9.57. The van der Waals surface area contributed by atoms with Crippen molar-refractivity contribution >= 4 is 41.8 Å². The van der Waals surface area contributed by atoms with Gasteiger partial charge >= 0.3 is 0 Å². The number of carbonyl (C=O) groups excluding carboxylic acids is 2. The second-order valence-electron chi connectivity index (χ2n) is 7.81. The largest absolute Gasteiger partial charge is 0.356 e. The summed E-state index contributed by atoms with van der Waals surface area (Å²) in [4.78, 5) is 32.0. The monoisotopic (exact) mass is 477 g/mol. The fourth-order valence-corrected chi connectivity index (χ4v) is 3.63. The smallest absolute Gasteiger partial charge is 0.243 e. The van der Waals surface area contributed by atoms with Gasteiger partial charge in [0.15, 0.2) is 5.96 Å². The van der Waals surface area contributed by atoms with Crippen molar-refractivity contribution in [1.29, 1.82) is 0 Å². The van der Waals surface area contributed by atoms with Gasteiger partial charge in [0, 0.05) is 51.6 Å². The third-order valence-corrected chi connectivity index (χ3v) is 5.35. The predicted octanol–water partition coefficient (Wildman–Crippen LogP) is 1.18. The van der Waals surface area contributed by atoms with E-state index in [1.165, 1.54) is 12.8 Å². The van der Waals surface area contributed by atoms with Crippen molar-refractivity contribution in [3.63, 3.8) is 0 Å². The molecule has 7 nitrogen and oxygen atoms in total. The van der Waals surface area contributed by atoms with Crippen LogP contribution < -0.4 is 10.6 Å². The van der Waals surface area contributed by atoms with E-state index in [1.807, 2.05) is 4.90 Å². The summed E-state index contributed by atoms with van der Waals surface area (Å²) >= 11 is 0. The Labute approximate surface area is 173 Å². The number of hydrogen-bond acceptors (Lipinski definition) is 3. The molecule has 26 heavy (non-hydrogen) atoms. The number of halogens is 1. The Balaban J connectivity index is 0.00000243. The van der Waals surface area contributed by atoms with Gasteiger partial charge in [-0.25, -0.2) is 4.99 Å². The molecule has 2 saturated carbocycles. The number of rotatable bonds is 6. The van der Waals surface area contributed by atoms with E-state index in [4.69, 9.17) is 0 Å². The molecule has 0 aromatic carbocycles. The van der Waals surface area contributed by atoms with Gasteiger partial charge in [-0.15, -0.1) is 24.0 Å². The van der Waals surface area contributed by atoms with E-state index in [2.05, 4.69) is 15.6 Å². The van der Waals surface area contributed by atoms with E-state index in [-0.39, 0.29) is 36.4 Å². The molecule has 3 aliphatic rings. The van der Waals surface area contributed by atoms with Crippen LogP contribution in [0, 0.1) is 5.92 Å². The van der Waals surface area contributed by atoms with Crippen LogP contribution in [0.4, 0.5) is 0 Å². The number of likely N-dealkylation sites (tertiary alicyclic amines) is 1. The Hall–Kier alpha value is -1.06. The summed E-state index contributed by atoms with van der Waals surface area (Å²) in [6.07, 6.45) is 7.74. The van der Waals surface area contributed by atoms with Crippen LogP contribution in [0.5, 0.6) is 0 Å². The first-order valence-electron chi connectivity index (χ1n) is 9.57. The molecule has 1 saturated heterocycles. The number of aliphatic imine (C=N–C) groups is 1. The van der Waals surface area contributed by atoms with Gasteiger partial charge in [-0.05, 0) is 25.7 Å². The highest BCUT2D eigenvalue weighted by atomic mass is 127. The Morgan fingerprint density at radius 3 is 2.54 bits per heavy atom. The number of hydrogen-bond donors (Lipinski definition) is 2. The lowest BCUT2D eigenvalue weighted by atomic mass is 10.1. The van der Waals surface area contributed by atoms with Crippen LogP contribution in [0.2, 0.25) is 0 Å². The van der Waals surface area contributed by atoms with Crippen molar-refractivity contribution in [3.8, 4) is 0 Å². The van der Waals surface area contributed by atoms with Crippen molar-refractivity contribution in [2.24, 2.45) is 10.9 Å². The van der Waals surface area contributed by atoms with Gasteiger partial charge in [-0.1, -0.05) is 12.8 Å². The highest BCUT2D eigenvalue weighted by molar-refractivity contribution is 14.0. The third kappa shape index (κ3) is 5.99. The van der Waals surface area contributed by atoms with Crippen LogP contribution in [0.3, 0.4) is 0 Å². The van der Waals surface area contributed by atoms with Gasteiger partial charge in [-0.3, -0.25) is 9.59 Å². The number of nitrogens with one attached hydrogen (secondary N) is 2. The van der Waals surface area contributed by atoms with Crippen LogP contribution in [0.1, 0.15) is 44.9 Å². The van der Waals surface area contributed by atoms with Crippen molar-refractivity contribution in [3.05, 3.63) is 0 Å². The molecule has 2 N–H and O–H groups in total. The minimum atomic E-state index is -0.0107. The lowest BCUT2D eigenvalue weighted by Crippen LogP contribution is -2.45. The molecule has 3 fully saturated rings. The number of carbonyl (C=O) groups is 2. The number of likely N-dealkylation sites (N-methyl/N-ethyl adjacent to an activating group) is 1. The topological polar surface area (TPSA) is 77.0 Å². The van der Waals surface area contributed by atoms with Crippen LogP contribution in [-0.2, 0) is 9.59 Å². The van der Waals surface area contributed by atoms with Crippen molar-refractivity contribution in [2.75, 3.05) is 33.7 Å². The van der Waals surface area contributed by atoms with Gasteiger partial charge in [0.1, 0.15) is 6.54 Å². The Kier molecular flexibility index (Phi) is 7.97. The van der Waals surface area contributed by atoms with Crippen LogP contribution in [0.25, 0.3) is 0 Å². The van der Waals surface area contributed by atoms with Crippen LogP contribution in [0.15, 0.2) is 4.99 Å². The molecule has 1 unspecified atom stereocenters. The first-order chi connectivity index (χ1) is 12.0. The summed E-state index contributed by atoms with van der Waals surface area (Å²) in [6, 6.07) is 0.939. The zero-order valence-electron chi connectivity index (χ0n) is 15.9. The predicted molar refractivity (Wildman–Crippen MR) is 113 cm³/mol. The summed E-state index contributed by atoms with van der Waals surface area (Å²) < 4.78 is 0. The van der Waals surface area contributed by atoms with Gasteiger partial charge < -0.3 is 20.4 Å². The maximum absolute atomic E-state index is 12.1. The molecule has 0 aromatic rings. The molecular weight excluding hydrogens is 445 g/mol. The molecule has 8 heteroatoms. The Morgan fingerprint density at radius 2 is 1.92 bits per heavy atom. The zero-order chi connectivity index (χ0) is 17.8. The molecule has 1 heterocycles. The van der Waals surface area contributed by atoms with Gasteiger partial charge in [-0.2, -0.15) is 0 Å². The fraction of sp³-hybridized carbons (Fsp3) is 0.833. The molecule has 0 aromatic heterocycles. The second-order valence-corrected chi connectivity index (χ2v) is 7.81. The quantitative estimate of drug-likeness (QED) is 0.342. The SMILES string of the molecule is CN(C)C(=O)CN=C(NCC1CC(=O)N(C2CC2)C1)NC1CCCC1.I. The molecule has 3 rings (SSSR count). The first kappa shape index (κ1) is 21.2. The highest BCUT2D eigenvalue weighted by Gasteiger charge is 2.39. The molecule has 0 bridgehead atoms. The van der Waals surface area contributed by atoms with Crippen molar-refractivity contribution < 1.29 is 9.59 Å². The Bertz CT molecular complexity index is 530. The number of guanidine groups is 1. The summed E-state index contributed by atoms with van der Waals surface area (Å²) in [5.41, 5.74) is 0. The fourth-order valence-electron chi connectivity index (χ4n) is 3.63. The highest BCUT2D eigenvalue weighted by Crippen LogP contribution is 2.32. The van der Waals surface area contributed by atoms with Crippen LogP contribution >= 0.6 is 24.0 Å². The number of nitrogens with zero attached hydrogens (tertiary/aromatic N) is 3. The molecule has 0 spiro atoms. The van der Waals surface area contributed by atoms with Crippen molar-refractivity contribution in [1.82, 2.24) is 20.4 Å². The maximum atomic E-state index is 12.1. The van der Waals surface area contributed by atoms with E-state index in [0.29, 0.717) is 36.3 Å². The lowest BCUT2D eigenvalue weighted by molar-refractivity contribution is -0.128. The lowest BCUT2D eigenvalue weighted by Gasteiger charge is -2.20. The summed E-state index contributed by atoms with van der Waals surface area (Å²) in [7, 11) is 3.48. The molecule has 1 aliphatic heterocycles. The van der Waals surface area contributed by atoms with E-state index in [1.54, 1.807) is 19.0 Å². The summed E-state index contributed by atoms with van der Waals surface area (Å²) in [5.74, 6) is 1.32. The van der Waals surface area contributed by atoms with E-state index in [0.717, 1.165) is 38.8 Å². The normalized spacial score (nSPS) is 23.8. The molecule has 1 atom stereocenters. The van der Waals surface area contributed by atoms with Crippen LogP contribution in [-0.4, -0.2) is 73.4 Å². The van der Waals surface area contributed by atoms with Crippen molar-refractivity contribution in [2.45, 2.75) is 57.0 Å². The standard InChI is InChI=1S/C18H31N5O2.HI/c1-22(2)17(25)11-20-18(21-14-5-3-4-6-14)19-10-13-9-16(24)23(12-13)15-7-8-15;/h13-15H,3-12H2,1-2H3,(H2,19,20,21);1H. The minimum Gasteiger partial charge on any atom is -0.356 e. The molecule has 0 radical (unpaired) electrons. The average molecular weight is 477 g/mol. The summed E-state index contributed by atoms with van der Waals surface area (Å²) in [6.45, 7) is 1.72. The summed E-state index contributed by atoms with van der Waals surface area (Å²) in [5, 5.41) is 6.83. The molecule has 2 amide bonds. The Morgan fingerprint density at radius 1 is 1.23 bits per heavy atom. The average Bonchev–Trinajstić information content (AvgIpc) is 3.16.